The first-order chi connectivity index (χ1) is 7.43. The lowest BCUT2D eigenvalue weighted by molar-refractivity contribution is -0.929. The van der Waals surface area contributed by atoms with E-state index in [2.05, 4.69) is 39.0 Å². The van der Waals surface area contributed by atoms with Crippen LogP contribution in [0.4, 0.5) is 0 Å². The highest BCUT2D eigenvalue weighted by Gasteiger charge is 2.36. The van der Waals surface area contributed by atoms with E-state index in [-0.39, 0.29) is 11.6 Å². The van der Waals surface area contributed by atoms with Gasteiger partial charge in [0.2, 0.25) is 0 Å². The van der Waals surface area contributed by atoms with Crippen LogP contribution in [0, 0.1) is 5.21 Å². The molecule has 0 saturated heterocycles. The van der Waals surface area contributed by atoms with Crippen molar-refractivity contribution >= 4 is 0 Å². The maximum absolute atomic E-state index is 12.4. The van der Waals surface area contributed by atoms with E-state index in [1.165, 1.54) is 11.1 Å². The predicted molar refractivity (Wildman–Crippen MR) is 66.3 cm³/mol. The fourth-order valence-electron chi connectivity index (χ4n) is 3.06. The lowest BCUT2D eigenvalue weighted by Crippen LogP contribution is -3.15. The van der Waals surface area contributed by atoms with Gasteiger partial charge >= 0.3 is 0 Å². The van der Waals surface area contributed by atoms with Crippen molar-refractivity contribution in [2.75, 3.05) is 0 Å². The average Bonchev–Trinajstić information content (AvgIpc) is 2.31. The number of rotatable bonds is 0. The van der Waals surface area contributed by atoms with Gasteiger partial charge in [0.25, 0.3) is 0 Å². The van der Waals surface area contributed by atoms with Crippen LogP contribution in [-0.2, 0) is 0 Å². The minimum atomic E-state index is -0.197. The second-order valence-corrected chi connectivity index (χ2v) is 5.70. The third-order valence-corrected chi connectivity index (χ3v) is 3.87. The van der Waals surface area contributed by atoms with Crippen LogP contribution in [0.1, 0.15) is 57.2 Å². The highest BCUT2D eigenvalue weighted by Crippen LogP contribution is 2.32. The molecule has 1 aliphatic heterocycles. The van der Waals surface area contributed by atoms with Gasteiger partial charge in [-0.05, 0) is 32.3 Å². The largest absolute Gasteiger partial charge is 0.633 e. The van der Waals surface area contributed by atoms with Gasteiger partial charge in [0.15, 0.2) is 0 Å². The molecule has 0 bridgehead atoms. The molecule has 3 atom stereocenters. The quantitative estimate of drug-likeness (QED) is 0.667. The summed E-state index contributed by atoms with van der Waals surface area (Å²) in [6.07, 6.45) is 0.952. The molecular formula is C14H21NO. The molecule has 16 heavy (non-hydrogen) atoms. The van der Waals surface area contributed by atoms with Crippen LogP contribution in [-0.4, -0.2) is 5.54 Å². The molecular weight excluding hydrogens is 198 g/mol. The first kappa shape index (κ1) is 11.6. The van der Waals surface area contributed by atoms with Gasteiger partial charge in [-0.3, -0.25) is 0 Å². The lowest BCUT2D eigenvalue weighted by Gasteiger charge is -2.41. The summed E-state index contributed by atoms with van der Waals surface area (Å²) in [6, 6.07) is 8.43. The first-order valence-corrected chi connectivity index (χ1v) is 6.06. The van der Waals surface area contributed by atoms with Crippen LogP contribution in [0.5, 0.6) is 0 Å². The normalized spacial score (nSPS) is 32.9. The zero-order valence-electron chi connectivity index (χ0n) is 10.6. The van der Waals surface area contributed by atoms with Gasteiger partial charge in [0.1, 0.15) is 6.04 Å². The molecule has 1 aromatic carbocycles. The minimum Gasteiger partial charge on any atom is -0.633 e. The molecule has 0 aliphatic carbocycles. The number of quaternary nitrogens is 1. The van der Waals surface area contributed by atoms with Crippen molar-refractivity contribution < 1.29 is 5.06 Å². The third kappa shape index (κ3) is 1.76. The Bertz CT molecular complexity index is 386. The number of hydrogen-bond acceptors (Lipinski definition) is 1. The van der Waals surface area contributed by atoms with Crippen molar-refractivity contribution in [2.24, 2.45) is 0 Å². The molecule has 0 saturated carbocycles. The SMILES string of the molecule is CC1c2ccccc2[C@H](C)CC(C)(C)[NH+]1[O-]. The molecule has 1 heterocycles. The Morgan fingerprint density at radius 1 is 1.19 bits per heavy atom. The average molecular weight is 219 g/mol. The van der Waals surface area contributed by atoms with E-state index in [1.807, 2.05) is 13.0 Å². The summed E-state index contributed by atoms with van der Waals surface area (Å²) in [5.74, 6) is 0.472. The molecule has 0 amide bonds. The van der Waals surface area contributed by atoms with Crippen molar-refractivity contribution in [3.05, 3.63) is 40.6 Å². The predicted octanol–water partition coefficient (Wildman–Crippen LogP) is 2.42. The van der Waals surface area contributed by atoms with E-state index in [0.717, 1.165) is 6.42 Å². The molecule has 1 N–H and O–H groups in total. The molecule has 0 radical (unpaired) electrons. The van der Waals surface area contributed by atoms with Crippen molar-refractivity contribution in [3.8, 4) is 0 Å². The Kier molecular flexibility index (Phi) is 2.81. The Morgan fingerprint density at radius 2 is 1.75 bits per heavy atom. The molecule has 2 nitrogen and oxygen atoms in total. The van der Waals surface area contributed by atoms with Crippen LogP contribution in [0.3, 0.4) is 0 Å². The number of hydroxylamine groups is 2. The van der Waals surface area contributed by atoms with Gasteiger partial charge in [-0.25, -0.2) is 0 Å². The van der Waals surface area contributed by atoms with E-state index in [9.17, 15) is 5.21 Å². The minimum absolute atomic E-state index is 0.0381. The van der Waals surface area contributed by atoms with Gasteiger partial charge in [-0.2, -0.15) is 0 Å². The summed E-state index contributed by atoms with van der Waals surface area (Å²) < 4.78 is 0. The molecule has 1 aromatic rings. The Balaban J connectivity index is 2.51. The third-order valence-electron chi connectivity index (χ3n) is 3.87. The molecule has 0 fully saturated rings. The van der Waals surface area contributed by atoms with Crippen LogP contribution in [0.2, 0.25) is 0 Å². The second kappa shape index (κ2) is 3.86. The Labute approximate surface area is 97.9 Å². The molecule has 2 unspecified atom stereocenters. The highest BCUT2D eigenvalue weighted by molar-refractivity contribution is 5.32. The molecule has 1 aliphatic rings. The fraction of sp³-hybridized carbons (Fsp3) is 0.571. The summed E-state index contributed by atoms with van der Waals surface area (Å²) in [7, 11) is 0. The summed E-state index contributed by atoms with van der Waals surface area (Å²) in [5.41, 5.74) is 2.39. The molecule has 2 heteroatoms. The number of benzene rings is 1. The molecule has 0 aromatic heterocycles. The van der Waals surface area contributed by atoms with Crippen molar-refractivity contribution in [1.29, 1.82) is 0 Å². The van der Waals surface area contributed by atoms with E-state index in [1.54, 1.807) is 0 Å². The monoisotopic (exact) mass is 219 g/mol. The molecule has 0 spiro atoms. The highest BCUT2D eigenvalue weighted by atomic mass is 16.5. The number of fused-ring (bicyclic) bond motifs is 1. The topological polar surface area (TPSA) is 27.5 Å². The van der Waals surface area contributed by atoms with Gasteiger partial charge in [0, 0.05) is 12.0 Å². The first-order valence-electron chi connectivity index (χ1n) is 6.06. The molecule has 2 rings (SSSR count). The number of nitrogens with one attached hydrogen (secondary N) is 1. The number of hydrogen-bond donors (Lipinski definition) is 1. The van der Waals surface area contributed by atoms with E-state index in [0.29, 0.717) is 11.0 Å². The standard InChI is InChI=1S/C14H21NO/c1-10-9-14(3,4)15(16)11(2)13-8-6-5-7-12(10)13/h5-8,10-11,15H,9H2,1-4H3/t10-,11?/m1/s1. The smallest absolute Gasteiger partial charge is 0.111 e. The van der Waals surface area contributed by atoms with Crippen LogP contribution in [0.15, 0.2) is 24.3 Å². The zero-order valence-corrected chi connectivity index (χ0v) is 10.6. The maximum atomic E-state index is 12.4. The zero-order chi connectivity index (χ0) is 11.9. The van der Waals surface area contributed by atoms with Crippen molar-refractivity contribution in [1.82, 2.24) is 0 Å². The second-order valence-electron chi connectivity index (χ2n) is 5.70. The van der Waals surface area contributed by atoms with E-state index in [4.69, 9.17) is 0 Å². The van der Waals surface area contributed by atoms with Crippen molar-refractivity contribution in [2.45, 2.75) is 51.6 Å². The summed E-state index contributed by atoms with van der Waals surface area (Å²) in [4.78, 5) is 0. The molecule has 88 valence electrons. The fourth-order valence-corrected chi connectivity index (χ4v) is 3.06. The van der Waals surface area contributed by atoms with Crippen LogP contribution in [0.25, 0.3) is 0 Å². The van der Waals surface area contributed by atoms with Crippen LogP contribution >= 0.6 is 0 Å². The van der Waals surface area contributed by atoms with E-state index < -0.39 is 0 Å². The summed E-state index contributed by atoms with van der Waals surface area (Å²) in [5, 5.41) is 12.8. The van der Waals surface area contributed by atoms with Gasteiger partial charge < -0.3 is 10.3 Å². The maximum Gasteiger partial charge on any atom is 0.111 e. The Morgan fingerprint density at radius 3 is 2.38 bits per heavy atom. The van der Waals surface area contributed by atoms with E-state index >= 15 is 0 Å². The summed E-state index contributed by atoms with van der Waals surface area (Å²) >= 11 is 0. The van der Waals surface area contributed by atoms with Gasteiger partial charge in [-0.1, -0.05) is 31.2 Å². The summed E-state index contributed by atoms with van der Waals surface area (Å²) in [6.45, 7) is 8.43. The van der Waals surface area contributed by atoms with Gasteiger partial charge in [-0.15, -0.1) is 0 Å². The van der Waals surface area contributed by atoms with Gasteiger partial charge in [0.05, 0.1) is 5.54 Å². The Hall–Kier alpha value is -0.860. The van der Waals surface area contributed by atoms with Crippen molar-refractivity contribution in [3.63, 3.8) is 0 Å². The lowest BCUT2D eigenvalue weighted by atomic mass is 9.87. The van der Waals surface area contributed by atoms with Crippen LogP contribution < -0.4 is 5.06 Å².